The van der Waals surface area contributed by atoms with Gasteiger partial charge in [0.15, 0.2) is 24.6 Å². The Labute approximate surface area is 454 Å². The molecule has 5 aromatic carbocycles. The summed E-state index contributed by atoms with van der Waals surface area (Å²) in [7, 11) is -4.71. The van der Waals surface area contributed by atoms with Crippen LogP contribution in [0.1, 0.15) is 83.7 Å². The summed E-state index contributed by atoms with van der Waals surface area (Å²) in [6, 6.07) is 46.3. The molecule has 5 aromatic rings. The van der Waals surface area contributed by atoms with Crippen LogP contribution in [0.2, 0.25) is 35.8 Å². The van der Waals surface area contributed by atoms with Crippen molar-refractivity contribution >= 4 is 46.3 Å². The summed E-state index contributed by atoms with van der Waals surface area (Å²) in [6.45, 7) is 20.2. The lowest BCUT2D eigenvalue weighted by Crippen LogP contribution is -2.72. The van der Waals surface area contributed by atoms with Gasteiger partial charge >= 0.3 is 26.5 Å². The Bertz CT molecular complexity index is 2620. The Hall–Kier alpha value is -4.99. The van der Waals surface area contributed by atoms with Crippen LogP contribution < -0.4 is 0 Å². The van der Waals surface area contributed by atoms with E-state index in [4.69, 9.17) is 46.7 Å². The lowest BCUT2D eigenvalue weighted by Gasteiger charge is -2.58. The molecule has 0 unspecified atom stereocenters. The highest BCUT2D eigenvalue weighted by Gasteiger charge is 2.65. The molecule has 0 bridgehead atoms. The van der Waals surface area contributed by atoms with Gasteiger partial charge in [-0.3, -0.25) is 0 Å². The number of carbonyl (C=O) groups is 3. The van der Waals surface area contributed by atoms with E-state index in [1.54, 1.807) is 91.0 Å². The molecule has 16 heteroatoms. The second kappa shape index (κ2) is 25.2. The molecule has 3 fully saturated rings. The van der Waals surface area contributed by atoms with Crippen molar-refractivity contribution in [1.29, 1.82) is 0 Å². The van der Waals surface area contributed by atoms with E-state index in [0.29, 0.717) is 5.75 Å². The quantitative estimate of drug-likeness (QED) is 0.0439. The average molecular weight is 1090 g/mol. The number of hydrogen-bond acceptors (Lipinski definition) is 14. The van der Waals surface area contributed by atoms with Gasteiger partial charge in [0.1, 0.15) is 36.0 Å². The predicted octanol–water partition coefficient (Wildman–Crippen LogP) is 11.8. The summed E-state index contributed by atoms with van der Waals surface area (Å²) < 4.78 is 68.8. The fourth-order valence-corrected chi connectivity index (χ4v) is 18.8. The van der Waals surface area contributed by atoms with Crippen LogP contribution in [0, 0.1) is 0 Å². The summed E-state index contributed by atoms with van der Waals surface area (Å²) in [5, 5.41) is -0.703. The molecule has 10 atom stereocenters. The highest BCUT2D eigenvalue weighted by atomic mass is 32.2. The van der Waals surface area contributed by atoms with Crippen LogP contribution in [0.5, 0.6) is 0 Å². The molecule has 0 saturated carbocycles. The number of rotatable bonds is 19. The molecule has 13 nitrogen and oxygen atoms in total. The largest absolute Gasteiger partial charge is 0.452 e. The van der Waals surface area contributed by atoms with Crippen molar-refractivity contribution < 1.29 is 61.1 Å². The number of thioether (sulfide) groups is 1. The van der Waals surface area contributed by atoms with Gasteiger partial charge in [-0.05, 0) is 59.3 Å². The van der Waals surface area contributed by atoms with Gasteiger partial charge in [0, 0.05) is 18.2 Å². The Balaban J connectivity index is 1.20. The van der Waals surface area contributed by atoms with Crippen molar-refractivity contribution in [3.05, 3.63) is 179 Å². The van der Waals surface area contributed by atoms with Crippen LogP contribution in [0.15, 0.2) is 152 Å². The molecule has 0 spiro atoms. The number of fused-ring (bicyclic) bond motifs is 1. The van der Waals surface area contributed by atoms with Crippen molar-refractivity contribution in [1.82, 2.24) is 0 Å². The van der Waals surface area contributed by atoms with Crippen molar-refractivity contribution in [3.63, 3.8) is 0 Å². The maximum absolute atomic E-state index is 14.4. The van der Waals surface area contributed by atoms with E-state index in [0.717, 1.165) is 17.2 Å². The summed E-state index contributed by atoms with van der Waals surface area (Å²) in [5.41, 5.74) is 1.74. The van der Waals surface area contributed by atoms with E-state index in [1.807, 2.05) is 60.7 Å². The van der Waals surface area contributed by atoms with Gasteiger partial charge in [0.05, 0.1) is 43.1 Å². The minimum Gasteiger partial charge on any atom is -0.452 e. The first-order chi connectivity index (χ1) is 36.3. The maximum atomic E-state index is 14.4. The first-order valence-corrected chi connectivity index (χ1v) is 32.8. The number of ether oxygens (including phenoxy) is 8. The SMILES string of the molecule is CC(C)(C)[Si]1(C(C)(C)C)OC[C@H]2O[C@H](OC[C@H]3O[C@@H](SCC[Si](C)(C)C)[C@H](OC(=O)c4ccccc4)[C@@H](OC(=O)c4ccccc4)[C@H]3OC(=O)c3ccccc3)[C@H](OCc3ccccc3)[C@@H](OCc3ccccc3)[C@H]2O1. The fourth-order valence-electron chi connectivity index (χ4n) is 10.0. The normalized spacial score (nSPS) is 25.6. The minimum atomic E-state index is -3.10. The van der Waals surface area contributed by atoms with Crippen LogP contribution in [-0.2, 0) is 60.0 Å². The summed E-state index contributed by atoms with van der Waals surface area (Å²) >= 11 is 1.45. The van der Waals surface area contributed by atoms with Gasteiger partial charge in [-0.25, -0.2) is 14.4 Å². The van der Waals surface area contributed by atoms with E-state index in [-0.39, 0.29) is 53.2 Å². The number of hydrogen-bond donors (Lipinski definition) is 0. The van der Waals surface area contributed by atoms with Gasteiger partial charge < -0.3 is 46.7 Å². The van der Waals surface area contributed by atoms with Crippen LogP contribution in [-0.4, -0.2) is 114 Å². The minimum absolute atomic E-state index is 0.188. The third-order valence-electron chi connectivity index (χ3n) is 13.8. The molecule has 3 aliphatic rings. The topological polar surface area (TPSA) is 144 Å². The van der Waals surface area contributed by atoms with Crippen molar-refractivity contribution in [2.24, 2.45) is 0 Å². The standard InChI is InChI=1S/C60H74O13SSi2/c1-59(2,3)76(60(4,5)6)67-40-47-49(73-76)50(64-37-41-25-15-10-16-26-41)52(65-38-42-27-17-11-18-28-42)57(68-47)66-39-46-48(70-54(61)43-29-19-12-20-30-43)51(71-55(62)44-31-21-13-22-32-44)53(58(69-46)74-35-36-75(7,8)9)72-56(63)45-33-23-14-24-34-45/h10-34,46-53,57-58H,35-40H2,1-9H3/t46-,47-,48+,49+,50+,51+,52-,53-,57+,58+/m1/s1. The van der Waals surface area contributed by atoms with Gasteiger partial charge in [0.25, 0.3) is 0 Å². The smallest absolute Gasteiger partial charge is 0.349 e. The van der Waals surface area contributed by atoms with Crippen LogP contribution in [0.3, 0.4) is 0 Å². The zero-order chi connectivity index (χ0) is 54.1. The zero-order valence-electron chi connectivity index (χ0n) is 45.2. The van der Waals surface area contributed by atoms with Gasteiger partial charge in [0.2, 0.25) is 0 Å². The van der Waals surface area contributed by atoms with Gasteiger partial charge in [-0.15, -0.1) is 11.8 Å². The van der Waals surface area contributed by atoms with Crippen molar-refractivity contribution in [2.75, 3.05) is 19.0 Å². The third-order valence-corrected chi connectivity index (χ3v) is 22.2. The summed E-state index contributed by atoms with van der Waals surface area (Å²) in [5.74, 6) is -1.45. The molecule has 0 radical (unpaired) electrons. The Morgan fingerprint density at radius 1 is 0.553 bits per heavy atom. The maximum Gasteiger partial charge on any atom is 0.349 e. The monoisotopic (exact) mass is 1090 g/mol. The number of esters is 3. The molecule has 0 amide bonds. The molecule has 76 heavy (non-hydrogen) atoms. The Morgan fingerprint density at radius 3 is 1.45 bits per heavy atom. The van der Waals surface area contributed by atoms with Crippen LogP contribution >= 0.6 is 11.8 Å². The van der Waals surface area contributed by atoms with E-state index in [2.05, 4.69) is 61.2 Å². The predicted molar refractivity (Wildman–Crippen MR) is 297 cm³/mol. The molecular weight excluding hydrogens is 1020 g/mol. The molecular formula is C60H74O13SSi2. The number of carbonyl (C=O) groups excluding carboxylic acids is 3. The van der Waals surface area contributed by atoms with E-state index >= 15 is 0 Å². The molecule has 3 saturated heterocycles. The molecule has 0 aromatic heterocycles. The van der Waals surface area contributed by atoms with E-state index in [1.165, 1.54) is 11.8 Å². The van der Waals surface area contributed by atoms with Crippen molar-refractivity contribution in [3.8, 4) is 0 Å². The summed E-state index contributed by atoms with van der Waals surface area (Å²) in [4.78, 5) is 42.9. The van der Waals surface area contributed by atoms with Gasteiger partial charge in [-0.1, -0.05) is 176 Å². The van der Waals surface area contributed by atoms with Crippen LogP contribution in [0.4, 0.5) is 0 Å². The summed E-state index contributed by atoms with van der Waals surface area (Å²) in [6.07, 6.45) is -9.19. The van der Waals surface area contributed by atoms with E-state index < -0.39 is 95.1 Å². The van der Waals surface area contributed by atoms with Gasteiger partial charge in [-0.2, -0.15) is 0 Å². The fraction of sp³-hybridized carbons (Fsp3) is 0.450. The van der Waals surface area contributed by atoms with Crippen LogP contribution in [0.25, 0.3) is 0 Å². The second-order valence-corrected chi connectivity index (χ2v) is 34.4. The molecule has 0 N–H and O–H groups in total. The molecule has 0 aliphatic carbocycles. The molecule has 406 valence electrons. The average Bonchev–Trinajstić information content (AvgIpc) is 3.45. The highest BCUT2D eigenvalue weighted by Crippen LogP contribution is 2.55. The first-order valence-electron chi connectivity index (χ1n) is 26.3. The molecule has 8 rings (SSSR count). The second-order valence-electron chi connectivity index (χ2n) is 22.8. The Kier molecular flexibility index (Phi) is 19.0. The Morgan fingerprint density at radius 2 is 0.987 bits per heavy atom. The highest BCUT2D eigenvalue weighted by molar-refractivity contribution is 7.99. The molecule has 3 aliphatic heterocycles. The zero-order valence-corrected chi connectivity index (χ0v) is 48.0. The number of benzene rings is 5. The first kappa shape index (κ1) is 57.2. The lowest BCUT2D eigenvalue weighted by molar-refractivity contribution is -0.333. The lowest BCUT2D eigenvalue weighted by atomic mass is 9.97. The van der Waals surface area contributed by atoms with Crippen molar-refractivity contribution in [2.45, 2.75) is 151 Å². The van der Waals surface area contributed by atoms with E-state index in [9.17, 15) is 14.4 Å². The molecule has 3 heterocycles. The third kappa shape index (κ3) is 14.2.